The number of carbonyl (C=O) groups excluding carboxylic acids is 1. The first-order chi connectivity index (χ1) is 8.62. The van der Waals surface area contributed by atoms with E-state index >= 15 is 0 Å². The molecule has 0 fully saturated rings. The highest BCUT2D eigenvalue weighted by Crippen LogP contribution is 2.30. The highest BCUT2D eigenvalue weighted by Gasteiger charge is 2.32. The minimum absolute atomic E-state index is 0.0460. The lowest BCUT2D eigenvalue weighted by molar-refractivity contribution is -0.137. The van der Waals surface area contributed by atoms with E-state index < -0.39 is 29.0 Å². The molecule has 0 saturated heterocycles. The molecule has 2 nitrogen and oxygen atoms in total. The van der Waals surface area contributed by atoms with Crippen molar-refractivity contribution in [2.24, 2.45) is 0 Å². The molecule has 1 aromatic carbocycles. The summed E-state index contributed by atoms with van der Waals surface area (Å²) < 4.78 is 51.0. The van der Waals surface area contributed by atoms with E-state index in [-0.39, 0.29) is 11.4 Å². The van der Waals surface area contributed by atoms with Crippen LogP contribution in [0.3, 0.4) is 0 Å². The van der Waals surface area contributed by atoms with Gasteiger partial charge in [0, 0.05) is 18.4 Å². The van der Waals surface area contributed by atoms with E-state index in [0.29, 0.717) is 18.2 Å². The molecule has 19 heavy (non-hydrogen) atoms. The minimum Gasteiger partial charge on any atom is -0.341 e. The topological polar surface area (TPSA) is 20.3 Å². The first-order valence-electron chi connectivity index (χ1n) is 5.39. The summed E-state index contributed by atoms with van der Waals surface area (Å²) in [4.78, 5) is 13.0. The molecule has 1 unspecified atom stereocenters. The quantitative estimate of drug-likeness (QED) is 0.606. The third-order valence-corrected chi connectivity index (χ3v) is 2.69. The van der Waals surface area contributed by atoms with Crippen LogP contribution in [0.15, 0.2) is 18.2 Å². The molecule has 1 rings (SSSR count). The molecule has 7 heteroatoms. The zero-order chi connectivity index (χ0) is 14.8. The van der Waals surface area contributed by atoms with Gasteiger partial charge in [-0.05, 0) is 18.2 Å². The van der Waals surface area contributed by atoms with Crippen molar-refractivity contribution in [2.45, 2.75) is 17.9 Å². The molecule has 0 bridgehead atoms. The maximum absolute atomic E-state index is 13.5. The fourth-order valence-corrected chi connectivity index (χ4v) is 1.97. The van der Waals surface area contributed by atoms with Gasteiger partial charge in [0.15, 0.2) is 0 Å². The summed E-state index contributed by atoms with van der Waals surface area (Å²) in [6.45, 7) is 2.03. The predicted octanol–water partition coefficient (Wildman–Crippen LogP) is 3.70. The molecule has 0 aliphatic rings. The van der Waals surface area contributed by atoms with E-state index in [1.165, 1.54) is 7.05 Å². The molecule has 0 aliphatic heterocycles. The van der Waals surface area contributed by atoms with Gasteiger partial charge >= 0.3 is 6.18 Å². The van der Waals surface area contributed by atoms with Gasteiger partial charge in [0.2, 0.25) is 0 Å². The number of hydrogen-bond acceptors (Lipinski definition) is 1. The highest BCUT2D eigenvalue weighted by molar-refractivity contribution is 9.09. The molecule has 0 aromatic heterocycles. The lowest BCUT2D eigenvalue weighted by atomic mass is 10.1. The molecule has 0 radical (unpaired) electrons. The van der Waals surface area contributed by atoms with Gasteiger partial charge in [-0.15, -0.1) is 0 Å². The van der Waals surface area contributed by atoms with E-state index in [9.17, 15) is 22.4 Å². The van der Waals surface area contributed by atoms with Crippen molar-refractivity contribution in [3.63, 3.8) is 0 Å². The van der Waals surface area contributed by atoms with Gasteiger partial charge in [-0.3, -0.25) is 4.79 Å². The lowest BCUT2D eigenvalue weighted by Gasteiger charge is -2.19. The van der Waals surface area contributed by atoms with Crippen molar-refractivity contribution in [1.82, 2.24) is 4.90 Å². The Kier molecular flexibility index (Phi) is 4.95. The van der Waals surface area contributed by atoms with Gasteiger partial charge < -0.3 is 4.90 Å². The van der Waals surface area contributed by atoms with Crippen LogP contribution in [0.25, 0.3) is 0 Å². The number of amides is 1. The summed E-state index contributed by atoms with van der Waals surface area (Å²) >= 11 is 3.21. The second kappa shape index (κ2) is 5.90. The number of nitrogens with zero attached hydrogens (tertiary/aromatic N) is 1. The van der Waals surface area contributed by atoms with Crippen LogP contribution in [0.5, 0.6) is 0 Å². The third kappa shape index (κ3) is 4.19. The number of rotatable bonds is 3. The number of benzene rings is 1. The molecule has 0 N–H and O–H groups in total. The number of alkyl halides is 4. The average molecular weight is 342 g/mol. The lowest BCUT2D eigenvalue weighted by Crippen LogP contribution is -2.32. The van der Waals surface area contributed by atoms with Crippen molar-refractivity contribution in [3.8, 4) is 0 Å². The van der Waals surface area contributed by atoms with Crippen LogP contribution < -0.4 is 0 Å². The van der Waals surface area contributed by atoms with Crippen LogP contribution >= 0.6 is 15.9 Å². The second-order valence-corrected chi connectivity index (χ2v) is 5.72. The second-order valence-electron chi connectivity index (χ2n) is 4.16. The van der Waals surface area contributed by atoms with Crippen molar-refractivity contribution < 1.29 is 22.4 Å². The number of hydrogen-bond donors (Lipinski definition) is 0. The summed E-state index contributed by atoms with van der Waals surface area (Å²) in [5, 5.41) is 0. The summed E-state index contributed by atoms with van der Waals surface area (Å²) in [7, 11) is 1.40. The predicted molar refractivity (Wildman–Crippen MR) is 66.8 cm³/mol. The molecule has 0 aliphatic carbocycles. The third-order valence-electron chi connectivity index (χ3n) is 2.40. The van der Waals surface area contributed by atoms with Crippen molar-refractivity contribution in [3.05, 3.63) is 35.1 Å². The van der Waals surface area contributed by atoms with Crippen LogP contribution in [0, 0.1) is 5.82 Å². The van der Waals surface area contributed by atoms with Crippen LogP contribution in [-0.2, 0) is 6.18 Å². The Morgan fingerprint density at radius 1 is 1.42 bits per heavy atom. The number of carbonyl (C=O) groups is 1. The van der Waals surface area contributed by atoms with Crippen molar-refractivity contribution in [2.75, 3.05) is 13.6 Å². The maximum Gasteiger partial charge on any atom is 0.416 e. The average Bonchev–Trinajstić information content (AvgIpc) is 2.26. The van der Waals surface area contributed by atoms with Crippen LogP contribution in [0.4, 0.5) is 17.6 Å². The molecule has 0 heterocycles. The molecule has 106 valence electrons. The normalized spacial score (nSPS) is 13.2. The molecular formula is C12H12BrF4NO. The Bertz CT molecular complexity index is 473. The number of halogens is 5. The first kappa shape index (κ1) is 15.9. The molecule has 0 spiro atoms. The summed E-state index contributed by atoms with van der Waals surface area (Å²) in [6.07, 6.45) is -4.61. The van der Waals surface area contributed by atoms with E-state index in [2.05, 4.69) is 15.9 Å². The van der Waals surface area contributed by atoms with Gasteiger partial charge in [0.05, 0.1) is 11.1 Å². The van der Waals surface area contributed by atoms with Crippen LogP contribution in [-0.4, -0.2) is 29.2 Å². The first-order valence-corrected chi connectivity index (χ1v) is 6.30. The Morgan fingerprint density at radius 3 is 2.47 bits per heavy atom. The van der Waals surface area contributed by atoms with Crippen LogP contribution in [0.2, 0.25) is 0 Å². The molecule has 1 aromatic rings. The molecular weight excluding hydrogens is 330 g/mol. The maximum atomic E-state index is 13.5. The van der Waals surface area contributed by atoms with Gasteiger partial charge in [-0.25, -0.2) is 4.39 Å². The van der Waals surface area contributed by atoms with Crippen molar-refractivity contribution >= 4 is 21.8 Å². The van der Waals surface area contributed by atoms with Gasteiger partial charge in [0.25, 0.3) is 5.91 Å². The Labute approximate surface area is 116 Å². The van der Waals surface area contributed by atoms with E-state index in [4.69, 9.17) is 0 Å². The van der Waals surface area contributed by atoms with Crippen molar-refractivity contribution in [1.29, 1.82) is 0 Å². The molecule has 1 amide bonds. The largest absolute Gasteiger partial charge is 0.416 e. The van der Waals surface area contributed by atoms with E-state index in [1.54, 1.807) is 6.92 Å². The fourth-order valence-electron chi connectivity index (χ4n) is 1.53. The minimum atomic E-state index is -4.61. The smallest absolute Gasteiger partial charge is 0.341 e. The van der Waals surface area contributed by atoms with Gasteiger partial charge in [-0.2, -0.15) is 13.2 Å². The SMILES string of the molecule is CC(Br)CN(C)C(=O)c1cc(C(F)(F)F)ccc1F. The fraction of sp³-hybridized carbons (Fsp3) is 0.417. The van der Waals surface area contributed by atoms with E-state index in [1.807, 2.05) is 0 Å². The van der Waals surface area contributed by atoms with Gasteiger partial charge in [0.1, 0.15) is 5.82 Å². The van der Waals surface area contributed by atoms with Gasteiger partial charge in [-0.1, -0.05) is 22.9 Å². The summed E-state index contributed by atoms with van der Waals surface area (Å²) in [6, 6.07) is 1.80. The van der Waals surface area contributed by atoms with E-state index in [0.717, 1.165) is 4.90 Å². The summed E-state index contributed by atoms with van der Waals surface area (Å²) in [5.74, 6) is -1.75. The standard InChI is InChI=1S/C12H12BrF4NO/c1-7(13)6-18(2)11(19)9-5-8(12(15,16)17)3-4-10(9)14/h3-5,7H,6H2,1-2H3. The monoisotopic (exact) mass is 341 g/mol. The molecule has 0 saturated carbocycles. The Hall–Kier alpha value is -1.11. The highest BCUT2D eigenvalue weighted by atomic mass is 79.9. The zero-order valence-corrected chi connectivity index (χ0v) is 11.8. The van der Waals surface area contributed by atoms with Crippen LogP contribution in [0.1, 0.15) is 22.8 Å². The Balaban J connectivity index is 3.09. The zero-order valence-electron chi connectivity index (χ0n) is 10.3. The Morgan fingerprint density at radius 2 is 2.00 bits per heavy atom. The molecule has 1 atom stereocenters. The summed E-state index contributed by atoms with van der Waals surface area (Å²) in [5.41, 5.74) is -1.62.